The molecule has 0 aromatic carbocycles. The zero-order chi connectivity index (χ0) is 14.8. The number of hydrazine groups is 1. The van der Waals surface area contributed by atoms with E-state index in [-0.39, 0.29) is 11.6 Å². The lowest BCUT2D eigenvalue weighted by Gasteiger charge is -2.47. The van der Waals surface area contributed by atoms with Crippen LogP contribution in [0.4, 0.5) is 0 Å². The van der Waals surface area contributed by atoms with Crippen LogP contribution in [0.3, 0.4) is 0 Å². The summed E-state index contributed by atoms with van der Waals surface area (Å²) in [6.07, 6.45) is 6.17. The number of rotatable bonds is 5. The van der Waals surface area contributed by atoms with Gasteiger partial charge < -0.3 is 4.74 Å². The first-order chi connectivity index (χ1) is 9.44. The van der Waals surface area contributed by atoms with Crippen molar-refractivity contribution in [3.63, 3.8) is 0 Å². The second-order valence-electron chi connectivity index (χ2n) is 6.64. The molecule has 1 fully saturated rings. The maximum atomic E-state index is 6.21. The molecular formula is C15H28N4O. The lowest BCUT2D eigenvalue weighted by molar-refractivity contribution is -0.109. The molecule has 1 atom stereocenters. The maximum Gasteiger partial charge on any atom is 0.0918 e. The average Bonchev–Trinajstić information content (AvgIpc) is 2.81. The molecule has 3 N–H and O–H groups in total. The fourth-order valence-electron chi connectivity index (χ4n) is 3.33. The standard InChI is InChI=1S/C15H28N4O/c1-5-20-15(9-7-14(2,3)8-10-15)13(18-16)12-6-11-17-19(12)4/h6,11,13,18H,5,7-10,16H2,1-4H3. The fraction of sp³-hybridized carbons (Fsp3) is 0.800. The van der Waals surface area contributed by atoms with Crippen molar-refractivity contribution < 1.29 is 4.74 Å². The smallest absolute Gasteiger partial charge is 0.0918 e. The van der Waals surface area contributed by atoms with Gasteiger partial charge in [-0.2, -0.15) is 5.10 Å². The Morgan fingerprint density at radius 1 is 1.40 bits per heavy atom. The number of ether oxygens (including phenoxy) is 1. The fourth-order valence-corrected chi connectivity index (χ4v) is 3.33. The Kier molecular flexibility index (Phi) is 4.52. The lowest BCUT2D eigenvalue weighted by Crippen LogP contribution is -2.52. The summed E-state index contributed by atoms with van der Waals surface area (Å²) in [5.74, 6) is 5.88. The molecule has 0 spiro atoms. The van der Waals surface area contributed by atoms with Crippen LogP contribution in [0.5, 0.6) is 0 Å². The van der Waals surface area contributed by atoms with Crippen molar-refractivity contribution in [1.82, 2.24) is 15.2 Å². The van der Waals surface area contributed by atoms with Crippen LogP contribution in [0, 0.1) is 5.41 Å². The number of nitrogens with one attached hydrogen (secondary N) is 1. The van der Waals surface area contributed by atoms with Gasteiger partial charge in [0.25, 0.3) is 0 Å². The Balaban J connectivity index is 2.29. The van der Waals surface area contributed by atoms with Crippen molar-refractivity contribution in [1.29, 1.82) is 0 Å². The van der Waals surface area contributed by atoms with Gasteiger partial charge in [-0.25, -0.2) is 5.43 Å². The molecule has 0 saturated heterocycles. The molecule has 5 nitrogen and oxygen atoms in total. The van der Waals surface area contributed by atoms with Gasteiger partial charge in [0.2, 0.25) is 0 Å². The van der Waals surface area contributed by atoms with E-state index in [9.17, 15) is 0 Å². The van der Waals surface area contributed by atoms with Crippen molar-refractivity contribution in [3.8, 4) is 0 Å². The van der Waals surface area contributed by atoms with E-state index in [1.54, 1.807) is 0 Å². The van der Waals surface area contributed by atoms with Crippen molar-refractivity contribution in [2.24, 2.45) is 18.3 Å². The molecule has 0 aliphatic heterocycles. The highest BCUT2D eigenvalue weighted by Gasteiger charge is 2.46. The molecule has 0 radical (unpaired) electrons. The summed E-state index contributed by atoms with van der Waals surface area (Å²) in [7, 11) is 1.95. The summed E-state index contributed by atoms with van der Waals surface area (Å²) >= 11 is 0. The minimum atomic E-state index is -0.229. The van der Waals surface area contributed by atoms with E-state index in [4.69, 9.17) is 10.6 Å². The molecule has 2 rings (SSSR count). The summed E-state index contributed by atoms with van der Waals surface area (Å²) in [4.78, 5) is 0. The van der Waals surface area contributed by atoms with E-state index in [0.717, 1.165) is 31.4 Å². The minimum absolute atomic E-state index is 0.0222. The molecule has 0 amide bonds. The number of nitrogens with two attached hydrogens (primary N) is 1. The third-order valence-corrected chi connectivity index (χ3v) is 4.73. The molecule has 5 heteroatoms. The molecule has 0 bridgehead atoms. The van der Waals surface area contributed by atoms with Crippen molar-refractivity contribution in [2.45, 2.75) is 58.1 Å². The third-order valence-electron chi connectivity index (χ3n) is 4.73. The Morgan fingerprint density at radius 3 is 2.50 bits per heavy atom. The van der Waals surface area contributed by atoms with E-state index < -0.39 is 0 Å². The molecule has 1 saturated carbocycles. The quantitative estimate of drug-likeness (QED) is 0.641. The molecule has 1 aliphatic rings. The molecule has 20 heavy (non-hydrogen) atoms. The zero-order valence-electron chi connectivity index (χ0n) is 13.1. The molecule has 1 aromatic rings. The Labute approximate surface area is 121 Å². The van der Waals surface area contributed by atoms with Gasteiger partial charge in [0.1, 0.15) is 0 Å². The first-order valence-electron chi connectivity index (χ1n) is 7.52. The first kappa shape index (κ1) is 15.5. The van der Waals surface area contributed by atoms with E-state index in [1.165, 1.54) is 0 Å². The molecular weight excluding hydrogens is 252 g/mol. The van der Waals surface area contributed by atoms with Crippen LogP contribution in [0.2, 0.25) is 0 Å². The largest absolute Gasteiger partial charge is 0.373 e. The minimum Gasteiger partial charge on any atom is -0.373 e. The normalized spacial score (nSPS) is 22.6. The summed E-state index contributed by atoms with van der Waals surface area (Å²) < 4.78 is 8.09. The van der Waals surface area contributed by atoms with Crippen LogP contribution in [0.25, 0.3) is 0 Å². The van der Waals surface area contributed by atoms with Gasteiger partial charge in [-0.1, -0.05) is 13.8 Å². The van der Waals surface area contributed by atoms with Gasteiger partial charge in [0, 0.05) is 19.9 Å². The molecule has 114 valence electrons. The van der Waals surface area contributed by atoms with E-state index in [1.807, 2.05) is 24.0 Å². The van der Waals surface area contributed by atoms with Gasteiger partial charge in [-0.15, -0.1) is 0 Å². The van der Waals surface area contributed by atoms with Crippen molar-refractivity contribution in [2.75, 3.05) is 6.61 Å². The van der Waals surface area contributed by atoms with Crippen LogP contribution in [0.15, 0.2) is 12.3 Å². The van der Waals surface area contributed by atoms with Gasteiger partial charge in [0.05, 0.1) is 17.3 Å². The van der Waals surface area contributed by atoms with E-state index >= 15 is 0 Å². The topological polar surface area (TPSA) is 65.1 Å². The number of aromatic nitrogens is 2. The highest BCUT2D eigenvalue weighted by atomic mass is 16.5. The SMILES string of the molecule is CCOC1(C(NN)c2ccnn2C)CCC(C)(C)CC1. The Bertz CT molecular complexity index is 431. The van der Waals surface area contributed by atoms with Gasteiger partial charge >= 0.3 is 0 Å². The number of hydrogen-bond donors (Lipinski definition) is 2. The molecule has 1 aliphatic carbocycles. The van der Waals surface area contributed by atoms with E-state index in [2.05, 4.69) is 31.3 Å². The molecule has 1 unspecified atom stereocenters. The predicted molar refractivity (Wildman–Crippen MR) is 79.9 cm³/mol. The zero-order valence-corrected chi connectivity index (χ0v) is 13.1. The summed E-state index contributed by atoms with van der Waals surface area (Å²) in [5.41, 5.74) is 4.23. The van der Waals surface area contributed by atoms with Crippen LogP contribution in [0.1, 0.15) is 58.2 Å². The lowest BCUT2D eigenvalue weighted by atomic mass is 9.68. The van der Waals surface area contributed by atoms with E-state index in [0.29, 0.717) is 12.0 Å². The maximum absolute atomic E-state index is 6.21. The predicted octanol–water partition coefficient (Wildman–Crippen LogP) is 2.30. The van der Waals surface area contributed by atoms with Crippen molar-refractivity contribution >= 4 is 0 Å². The highest BCUT2D eigenvalue weighted by Crippen LogP contribution is 2.47. The number of nitrogens with zero attached hydrogens (tertiary/aromatic N) is 2. The number of hydrogen-bond acceptors (Lipinski definition) is 4. The Hall–Kier alpha value is -0.910. The number of aryl methyl sites for hydroxylation is 1. The summed E-state index contributed by atoms with van der Waals surface area (Å²) in [5, 5.41) is 4.27. The first-order valence-corrected chi connectivity index (χ1v) is 7.52. The Morgan fingerprint density at radius 2 is 2.05 bits per heavy atom. The second kappa shape index (κ2) is 5.84. The monoisotopic (exact) mass is 280 g/mol. The van der Waals surface area contributed by atoms with Crippen molar-refractivity contribution in [3.05, 3.63) is 18.0 Å². The second-order valence-corrected chi connectivity index (χ2v) is 6.64. The summed E-state index contributed by atoms with van der Waals surface area (Å²) in [6, 6.07) is 2.00. The molecule has 1 heterocycles. The van der Waals surface area contributed by atoms with Crippen LogP contribution in [-0.2, 0) is 11.8 Å². The van der Waals surface area contributed by atoms with Crippen LogP contribution >= 0.6 is 0 Å². The summed E-state index contributed by atoms with van der Waals surface area (Å²) in [6.45, 7) is 7.42. The van der Waals surface area contributed by atoms with Crippen LogP contribution in [-0.4, -0.2) is 22.0 Å². The average molecular weight is 280 g/mol. The highest BCUT2D eigenvalue weighted by molar-refractivity contribution is 5.14. The van der Waals surface area contributed by atoms with Gasteiger partial charge in [0.15, 0.2) is 0 Å². The van der Waals surface area contributed by atoms with Crippen LogP contribution < -0.4 is 11.3 Å². The third kappa shape index (κ3) is 2.90. The van der Waals surface area contributed by atoms with Gasteiger partial charge in [-0.05, 0) is 44.1 Å². The van der Waals surface area contributed by atoms with Gasteiger partial charge in [-0.3, -0.25) is 10.5 Å². The molecule has 1 aromatic heterocycles.